The number of para-hydroxylation sites is 1. The van der Waals surface area contributed by atoms with Crippen molar-refractivity contribution in [3.63, 3.8) is 0 Å². The van der Waals surface area contributed by atoms with Crippen LogP contribution in [0.25, 0.3) is 68.3 Å². The number of nitrogen functional groups attached to an aromatic ring is 4. The average molecular weight is 2020 g/mol. The number of nitro groups is 3. The van der Waals surface area contributed by atoms with Gasteiger partial charge in [0.1, 0.15) is 61.1 Å². The Morgan fingerprint density at radius 2 is 0.793 bits per heavy atom. The molecule has 11 aromatic carbocycles. The number of primary amides is 1. The van der Waals surface area contributed by atoms with Crippen molar-refractivity contribution in [2.45, 2.75) is 61.6 Å². The first kappa shape index (κ1) is 111. The summed E-state index contributed by atoms with van der Waals surface area (Å²) in [6.07, 6.45) is 13.3. The number of nitrogens with one attached hydrogen (secondary N) is 7. The second-order valence-electron chi connectivity index (χ2n) is 32.8. The van der Waals surface area contributed by atoms with Gasteiger partial charge in [-0.05, 0) is 140 Å². The number of hydrazine groups is 1. The molecule has 0 radical (unpaired) electrons. The van der Waals surface area contributed by atoms with Gasteiger partial charge in [-0.2, -0.15) is 45.9 Å². The van der Waals surface area contributed by atoms with Gasteiger partial charge in [-0.1, -0.05) is 182 Å². The number of anilines is 5. The van der Waals surface area contributed by atoms with E-state index in [4.69, 9.17) is 38.8 Å². The number of nitro benzene ring substituents is 3. The summed E-state index contributed by atoms with van der Waals surface area (Å²) in [5, 5.41) is 85.4. The van der Waals surface area contributed by atoms with E-state index in [9.17, 15) is 54.3 Å². The van der Waals surface area contributed by atoms with Gasteiger partial charge in [0.05, 0.1) is 61.7 Å². The van der Waals surface area contributed by atoms with E-state index in [0.717, 1.165) is 84.6 Å². The Morgan fingerprint density at radius 3 is 1.15 bits per heavy atom. The van der Waals surface area contributed by atoms with Crippen LogP contribution in [0.5, 0.6) is 0 Å². The highest BCUT2D eigenvalue weighted by Crippen LogP contribution is 2.32. The SMILES string of the molecule is COC(C)N(C)C.Cc1ccc(-c2ncn[nH]2)cc1-n1ncc(C(=O)c2ccccc2)c1N.Cc1ccc(-c2ncn[nH]2)cc1-n1ncc(C(=O)c2ccccc2)c1N.Cc1ccc(-c2ncn[nH]2)cc1N.Cc1ccc(-c2ncn[nH]2)cc1NN.Cc1ccc(-c2ncn[nH]2)cc1[N+](=O)[O-].Cc1ccc(C(=O)N=CN(C)C)cc1[N+](=O)[O-].Cc1ccc(C(N)=O)cc1[N+](=O)[O-].N#C/C(=C/Nc1ccccc1)C(=O)c1ccccc1. The number of carbonyl (C=O) groups is 5. The maximum Gasteiger partial charge on any atom is 0.278 e. The normalized spacial score (nSPS) is 10.7. The Morgan fingerprint density at radius 1 is 0.447 bits per heavy atom. The molecule has 0 aliphatic heterocycles. The highest BCUT2D eigenvalue weighted by atomic mass is 16.6. The standard InChI is InChI=1S/2C19H16N6O.C16H12N2O.C11H13N3O3.C9H11N5.C9H8N4O2.C9H10N4.C8H8N2O3.C5H13NO/c2*1-12-7-8-14(19-21-11-22-24-19)9-16(12)25-18(20)15(10-23-25)17(26)13-5-3-2-4-6-13;17-11-14(12-18-15-9-5-2-6-10-15)16(19)13-7-3-1-4-8-13;1-8-4-5-9(6-10(8)14(16)17)11(15)12-7-13(2)3;1-6-2-3-7(4-8(6)13-10)9-11-5-12-14-9;1-6-2-3-7(4-8(6)13(14)15)9-10-5-11-12-9;1-6-2-3-7(4-8(6)10)9-11-5-12-13-9;1-5-2-3-6(8(9)11)4-7(5)10(12)13;1-5(7-4)6(2)3/h2*2-11H,20H2,1H3,(H,21,22,24);1-10,12,18H;4-7H,1-3H3;2-5,13H,10H2,1H3,(H,11,12,14);2-5H,1H3,(H,10,11,12);2-5H,10H2,1H3,(H,11,12,13);2-4H,1H3,(H2,9,11);5H,1-4H3/b;;14-12-;;;;;;. The van der Waals surface area contributed by atoms with Gasteiger partial charge in [-0.25, -0.2) is 34.3 Å². The first-order valence-corrected chi connectivity index (χ1v) is 45.3. The number of ketones is 3. The van der Waals surface area contributed by atoms with Crippen molar-refractivity contribution in [1.82, 2.24) is 105 Å². The predicted molar refractivity (Wildman–Crippen MR) is 570 cm³/mol. The van der Waals surface area contributed by atoms with Crippen molar-refractivity contribution in [2.75, 3.05) is 63.2 Å². The third-order valence-corrected chi connectivity index (χ3v) is 21.9. The largest absolute Gasteiger partial charge is 0.398 e. The smallest absolute Gasteiger partial charge is 0.278 e. The second-order valence-corrected chi connectivity index (χ2v) is 32.8. The highest BCUT2D eigenvalue weighted by Gasteiger charge is 2.24. The van der Waals surface area contributed by atoms with E-state index in [1.165, 1.54) is 99.0 Å². The fourth-order valence-electron chi connectivity index (χ4n) is 13.2. The molecular formula is C105H107N33O12. The Labute approximate surface area is 859 Å². The number of aromatic amines is 5. The number of benzene rings is 11. The van der Waals surface area contributed by atoms with Gasteiger partial charge in [0.25, 0.3) is 23.0 Å². The van der Waals surface area contributed by atoms with Crippen LogP contribution in [0.1, 0.15) is 109 Å². The molecule has 0 aliphatic rings. The quantitative estimate of drug-likeness (QED) is 0.00255. The summed E-state index contributed by atoms with van der Waals surface area (Å²) in [4.78, 5) is 118. The van der Waals surface area contributed by atoms with E-state index >= 15 is 0 Å². The highest BCUT2D eigenvalue weighted by molar-refractivity contribution is 6.13. The van der Waals surface area contributed by atoms with Crippen molar-refractivity contribution >= 4 is 81.3 Å². The van der Waals surface area contributed by atoms with Gasteiger partial charge in [0.15, 0.2) is 40.7 Å². The van der Waals surface area contributed by atoms with Crippen LogP contribution in [-0.4, -0.2) is 197 Å². The summed E-state index contributed by atoms with van der Waals surface area (Å²) < 4.78 is 8.09. The molecule has 0 saturated heterocycles. The number of hydrogen-bond donors (Lipinski definition) is 12. The minimum absolute atomic E-state index is 0.0732. The number of aliphatic imine (C=N–C) groups is 1. The Balaban J connectivity index is 0.000000176. The predicted octanol–water partition coefficient (Wildman–Crippen LogP) is 16.2. The molecule has 764 valence electrons. The third-order valence-electron chi connectivity index (χ3n) is 21.9. The zero-order valence-corrected chi connectivity index (χ0v) is 83.6. The zero-order chi connectivity index (χ0) is 109. The fraction of sp³-hybridized carbons (Fsp3) is 0.133. The molecule has 0 saturated carbocycles. The molecule has 1 unspecified atom stereocenters. The van der Waals surface area contributed by atoms with E-state index in [-0.39, 0.29) is 57.3 Å². The number of H-pyrrole nitrogens is 5. The number of rotatable bonds is 24. The third kappa shape index (κ3) is 31.2. The van der Waals surface area contributed by atoms with E-state index < -0.39 is 26.6 Å². The maximum atomic E-state index is 12.7. The van der Waals surface area contributed by atoms with Crippen LogP contribution in [0.3, 0.4) is 0 Å². The van der Waals surface area contributed by atoms with Crippen molar-refractivity contribution in [2.24, 2.45) is 16.6 Å². The van der Waals surface area contributed by atoms with E-state index in [1.807, 2.05) is 205 Å². The lowest BCUT2D eigenvalue weighted by Crippen LogP contribution is -2.25. The van der Waals surface area contributed by atoms with Gasteiger partial charge < -0.3 is 43.3 Å². The second kappa shape index (κ2) is 54.6. The van der Waals surface area contributed by atoms with Crippen LogP contribution in [0, 0.1) is 90.1 Å². The topological polar surface area (TPSA) is 664 Å². The number of ether oxygens (including phenoxy) is 1. The Kier molecular flexibility index (Phi) is 40.6. The molecule has 45 heteroatoms. The number of aryl methyl sites for hydroxylation is 7. The lowest BCUT2D eigenvalue weighted by atomic mass is 10.1. The number of allylic oxidation sites excluding steroid dienone is 1. The summed E-state index contributed by atoms with van der Waals surface area (Å²) in [6.45, 7) is 14.8. The number of nitriles is 1. The number of hydrogen-bond acceptors (Lipinski definition) is 32. The minimum atomic E-state index is -0.664. The number of carbonyl (C=O) groups excluding carboxylic acids is 5. The summed E-state index contributed by atoms with van der Waals surface area (Å²) >= 11 is 0. The molecule has 2 amide bonds. The number of amides is 2. The first-order valence-electron chi connectivity index (χ1n) is 45.3. The number of Topliss-reactive ketones (excluding diaryl/α,β-unsaturated/α-hetero) is 1. The van der Waals surface area contributed by atoms with Crippen molar-refractivity contribution < 1.29 is 43.5 Å². The number of nitrogens with zero attached hydrogens (tertiary/aromatic N) is 21. The van der Waals surface area contributed by atoms with E-state index in [2.05, 4.69) is 102 Å². The molecular weight excluding hydrogens is 1920 g/mol. The van der Waals surface area contributed by atoms with Gasteiger partial charge in [-0.15, -0.1) is 0 Å². The number of aromatic nitrogens is 19. The lowest BCUT2D eigenvalue weighted by Gasteiger charge is -2.16. The summed E-state index contributed by atoms with van der Waals surface area (Å²) in [5.74, 6) is 7.53. The molecule has 1 atom stereocenters. The molecule has 18 aromatic rings. The molecule has 0 bridgehead atoms. The molecule has 45 nitrogen and oxygen atoms in total. The minimum Gasteiger partial charge on any atom is -0.398 e. The molecule has 17 N–H and O–H groups in total. The monoisotopic (exact) mass is 2020 g/mol. The Hall–Kier alpha value is -20.5. The molecule has 7 aromatic heterocycles. The van der Waals surface area contributed by atoms with Crippen LogP contribution < -0.4 is 39.5 Å². The van der Waals surface area contributed by atoms with Crippen molar-refractivity contribution in [3.8, 4) is 74.4 Å². The first-order chi connectivity index (χ1) is 72.0. The van der Waals surface area contributed by atoms with E-state index in [1.54, 1.807) is 117 Å². The number of methoxy groups -OCH3 is 1. The van der Waals surface area contributed by atoms with Crippen LogP contribution in [-0.2, 0) is 4.74 Å². The maximum absolute atomic E-state index is 12.7. The van der Waals surface area contributed by atoms with Crippen LogP contribution in [0.15, 0.2) is 310 Å². The molecule has 0 aliphatic carbocycles. The molecule has 18 rings (SSSR count). The zero-order valence-electron chi connectivity index (χ0n) is 83.6. The van der Waals surface area contributed by atoms with Gasteiger partial charge >= 0.3 is 0 Å². The van der Waals surface area contributed by atoms with Gasteiger partial charge in [0, 0.05) is 129 Å². The molecule has 0 fully saturated rings. The molecule has 0 spiro atoms. The van der Waals surface area contributed by atoms with Gasteiger partial charge in [0.2, 0.25) is 11.7 Å². The van der Waals surface area contributed by atoms with Crippen LogP contribution in [0.2, 0.25) is 0 Å². The lowest BCUT2D eigenvalue weighted by molar-refractivity contribution is -0.385. The van der Waals surface area contributed by atoms with Crippen molar-refractivity contribution in [1.29, 1.82) is 5.26 Å². The summed E-state index contributed by atoms with van der Waals surface area (Å²) in [5.41, 5.74) is 42.8. The van der Waals surface area contributed by atoms with Crippen molar-refractivity contribution in [3.05, 3.63) is 413 Å². The van der Waals surface area contributed by atoms with Crippen LogP contribution >= 0.6 is 0 Å². The fourth-order valence-corrected chi connectivity index (χ4v) is 13.2. The average Bonchev–Trinajstić information content (AvgIpc) is 1.65. The number of nitrogens with two attached hydrogens (primary N) is 5. The van der Waals surface area contributed by atoms with Gasteiger partial charge in [-0.3, -0.25) is 90.6 Å². The Bertz CT molecular complexity index is 7510. The van der Waals surface area contributed by atoms with Crippen LogP contribution in [0.4, 0.5) is 45.8 Å². The molecule has 150 heavy (non-hydrogen) atoms. The molecule has 7 heterocycles. The summed E-state index contributed by atoms with van der Waals surface area (Å²) in [6, 6.07) is 74.8. The summed E-state index contributed by atoms with van der Waals surface area (Å²) in [7, 11) is 9.12. The van der Waals surface area contributed by atoms with E-state index in [0.29, 0.717) is 79.2 Å².